The van der Waals surface area contributed by atoms with E-state index >= 15 is 0 Å². The van der Waals surface area contributed by atoms with E-state index in [4.69, 9.17) is 0 Å². The smallest absolute Gasteiger partial charge is 0.141 e. The maximum absolute atomic E-state index is 9.86. The summed E-state index contributed by atoms with van der Waals surface area (Å²) in [6.45, 7) is 1.93. The van der Waals surface area contributed by atoms with Gasteiger partial charge in [0.25, 0.3) is 0 Å². The van der Waals surface area contributed by atoms with E-state index < -0.39 is 0 Å². The first-order valence-corrected chi connectivity index (χ1v) is 6.27. The summed E-state index contributed by atoms with van der Waals surface area (Å²) >= 11 is 1.69. The van der Waals surface area contributed by atoms with Crippen molar-refractivity contribution in [3.8, 4) is 16.2 Å². The topological polar surface area (TPSA) is 33.1 Å². The molecule has 0 aliphatic rings. The summed E-state index contributed by atoms with van der Waals surface area (Å²) in [6, 6.07) is 11.8. The Morgan fingerprint density at radius 1 is 1.12 bits per heavy atom. The van der Waals surface area contributed by atoms with Crippen molar-refractivity contribution in [2.24, 2.45) is 0 Å². The van der Waals surface area contributed by atoms with E-state index in [1.807, 2.05) is 31.2 Å². The maximum Gasteiger partial charge on any atom is 0.141 e. The van der Waals surface area contributed by atoms with Gasteiger partial charge in [0.15, 0.2) is 0 Å². The number of benzene rings is 1. The van der Waals surface area contributed by atoms with E-state index in [0.29, 0.717) is 5.52 Å². The number of hydrogen-bond donors (Lipinski definition) is 1. The molecule has 0 aliphatic carbocycles. The van der Waals surface area contributed by atoms with E-state index in [0.717, 1.165) is 16.6 Å². The summed E-state index contributed by atoms with van der Waals surface area (Å²) in [7, 11) is 0. The fraction of sp³-hybridized carbons (Fsp3) is 0.0714. The number of aryl methyl sites for hydroxylation is 1. The lowest BCUT2D eigenvalue weighted by Crippen LogP contribution is -1.86. The second-order valence-electron chi connectivity index (χ2n) is 3.96. The molecule has 1 aromatic carbocycles. The molecule has 0 fully saturated rings. The molecule has 0 aliphatic heterocycles. The number of rotatable bonds is 1. The average molecular weight is 241 g/mol. The van der Waals surface area contributed by atoms with Gasteiger partial charge in [0.2, 0.25) is 0 Å². The van der Waals surface area contributed by atoms with Crippen molar-refractivity contribution in [1.29, 1.82) is 0 Å². The zero-order valence-corrected chi connectivity index (χ0v) is 10.2. The molecule has 2 nitrogen and oxygen atoms in total. The van der Waals surface area contributed by atoms with E-state index in [-0.39, 0.29) is 5.75 Å². The highest BCUT2D eigenvalue weighted by molar-refractivity contribution is 7.13. The van der Waals surface area contributed by atoms with Gasteiger partial charge in [-0.05, 0) is 36.6 Å². The van der Waals surface area contributed by atoms with Crippen LogP contribution < -0.4 is 0 Å². The number of hydrogen-bond acceptors (Lipinski definition) is 3. The van der Waals surface area contributed by atoms with E-state index in [1.54, 1.807) is 17.4 Å². The molecule has 3 aromatic rings. The number of aromatic hydroxyl groups is 1. The monoisotopic (exact) mass is 241 g/mol. The van der Waals surface area contributed by atoms with Gasteiger partial charge in [-0.1, -0.05) is 12.1 Å². The molecule has 3 heteroatoms. The van der Waals surface area contributed by atoms with E-state index in [9.17, 15) is 5.11 Å². The lowest BCUT2D eigenvalue weighted by atomic mass is 10.1. The van der Waals surface area contributed by atoms with Crippen LogP contribution in [0.1, 0.15) is 5.69 Å². The molecule has 0 spiro atoms. The largest absolute Gasteiger partial charge is 0.506 e. The summed E-state index contributed by atoms with van der Waals surface area (Å²) < 4.78 is 0. The minimum absolute atomic E-state index is 0.240. The molecule has 0 saturated carbocycles. The van der Waals surface area contributed by atoms with E-state index in [1.165, 1.54) is 4.88 Å². The van der Waals surface area contributed by atoms with Gasteiger partial charge in [-0.25, -0.2) is 4.98 Å². The molecule has 2 heterocycles. The van der Waals surface area contributed by atoms with Crippen molar-refractivity contribution in [2.75, 3.05) is 0 Å². The van der Waals surface area contributed by atoms with E-state index in [2.05, 4.69) is 16.4 Å². The highest BCUT2D eigenvalue weighted by atomic mass is 32.1. The number of pyridine rings is 1. The summed E-state index contributed by atoms with van der Waals surface area (Å²) in [6.07, 6.45) is 0. The molecule has 17 heavy (non-hydrogen) atoms. The van der Waals surface area contributed by atoms with Crippen molar-refractivity contribution in [1.82, 2.24) is 4.98 Å². The Hall–Kier alpha value is -1.87. The van der Waals surface area contributed by atoms with Crippen LogP contribution in [-0.4, -0.2) is 10.1 Å². The molecule has 2 aromatic heterocycles. The zero-order valence-electron chi connectivity index (χ0n) is 9.34. The highest BCUT2D eigenvalue weighted by Gasteiger charge is 2.09. The Labute approximate surface area is 103 Å². The number of thiophene rings is 1. The van der Waals surface area contributed by atoms with Gasteiger partial charge < -0.3 is 5.11 Å². The van der Waals surface area contributed by atoms with Crippen LogP contribution in [0.3, 0.4) is 0 Å². The van der Waals surface area contributed by atoms with Gasteiger partial charge in [0, 0.05) is 21.5 Å². The number of fused-ring (bicyclic) bond motifs is 1. The SMILES string of the molecule is Cc1ccc2c(-c3cccs3)ccc(O)c2n1. The number of phenols is 1. The van der Waals surface area contributed by atoms with Crippen LogP contribution in [0.4, 0.5) is 0 Å². The summed E-state index contributed by atoms with van der Waals surface area (Å²) in [5.41, 5.74) is 2.72. The molecule has 84 valence electrons. The first-order chi connectivity index (χ1) is 8.25. The Balaban J connectivity index is 2.38. The fourth-order valence-electron chi connectivity index (χ4n) is 1.95. The molecule has 0 saturated heterocycles. The number of phenolic OH excluding ortho intramolecular Hbond substituents is 1. The van der Waals surface area contributed by atoms with Crippen LogP contribution in [0.25, 0.3) is 21.3 Å². The average Bonchev–Trinajstić information content (AvgIpc) is 2.84. The Kier molecular flexibility index (Phi) is 2.34. The number of nitrogens with zero attached hydrogens (tertiary/aromatic N) is 1. The second-order valence-corrected chi connectivity index (χ2v) is 4.91. The normalized spacial score (nSPS) is 10.9. The summed E-state index contributed by atoms with van der Waals surface area (Å²) in [5.74, 6) is 0.240. The highest BCUT2D eigenvalue weighted by Crippen LogP contribution is 2.34. The predicted octanol–water partition coefficient (Wildman–Crippen LogP) is 3.98. The van der Waals surface area contributed by atoms with Crippen LogP contribution in [0, 0.1) is 6.92 Å². The van der Waals surface area contributed by atoms with Crippen molar-refractivity contribution in [2.45, 2.75) is 6.92 Å². The Morgan fingerprint density at radius 2 is 2.00 bits per heavy atom. The van der Waals surface area contributed by atoms with Gasteiger partial charge in [0.1, 0.15) is 11.3 Å². The van der Waals surface area contributed by atoms with Crippen LogP contribution in [0.5, 0.6) is 5.75 Å². The third-order valence-corrected chi connectivity index (χ3v) is 3.66. The molecule has 3 rings (SSSR count). The molecule has 1 N–H and O–H groups in total. The van der Waals surface area contributed by atoms with Crippen molar-refractivity contribution >= 4 is 22.2 Å². The minimum Gasteiger partial charge on any atom is -0.506 e. The Bertz CT molecular complexity index is 674. The summed E-state index contributed by atoms with van der Waals surface area (Å²) in [5, 5.41) is 12.9. The maximum atomic E-state index is 9.86. The molecule has 0 unspecified atom stereocenters. The lowest BCUT2D eigenvalue weighted by molar-refractivity contribution is 0.480. The van der Waals surface area contributed by atoms with Gasteiger partial charge >= 0.3 is 0 Å². The first kappa shape index (κ1) is 10.3. The standard InChI is InChI=1S/C14H11NOS/c1-9-4-5-11-10(13-3-2-8-17-13)6-7-12(16)14(11)15-9/h2-8,16H,1H3. The van der Waals surface area contributed by atoms with Crippen LogP contribution in [0.15, 0.2) is 41.8 Å². The third-order valence-electron chi connectivity index (χ3n) is 2.76. The lowest BCUT2D eigenvalue weighted by Gasteiger charge is -2.06. The molecular weight excluding hydrogens is 230 g/mol. The second kappa shape index (κ2) is 3.86. The van der Waals surface area contributed by atoms with Crippen molar-refractivity contribution < 1.29 is 5.11 Å². The molecule has 0 atom stereocenters. The molecule has 0 radical (unpaired) electrons. The minimum atomic E-state index is 0.240. The van der Waals surface area contributed by atoms with Gasteiger partial charge in [-0.2, -0.15) is 0 Å². The van der Waals surface area contributed by atoms with Crippen molar-refractivity contribution in [3.63, 3.8) is 0 Å². The fourth-order valence-corrected chi connectivity index (χ4v) is 2.71. The zero-order chi connectivity index (χ0) is 11.8. The van der Waals surface area contributed by atoms with Crippen LogP contribution in [-0.2, 0) is 0 Å². The molecular formula is C14H11NOS. The van der Waals surface area contributed by atoms with Crippen LogP contribution in [0.2, 0.25) is 0 Å². The van der Waals surface area contributed by atoms with Crippen molar-refractivity contribution in [3.05, 3.63) is 47.5 Å². The summed E-state index contributed by atoms with van der Waals surface area (Å²) in [4.78, 5) is 5.60. The third kappa shape index (κ3) is 1.68. The quantitative estimate of drug-likeness (QED) is 0.699. The van der Waals surface area contributed by atoms with Gasteiger partial charge in [-0.3, -0.25) is 0 Å². The van der Waals surface area contributed by atoms with Gasteiger partial charge in [-0.15, -0.1) is 11.3 Å². The predicted molar refractivity (Wildman–Crippen MR) is 71.5 cm³/mol. The Morgan fingerprint density at radius 3 is 2.76 bits per heavy atom. The molecule has 0 bridgehead atoms. The van der Waals surface area contributed by atoms with Gasteiger partial charge in [0.05, 0.1) is 0 Å². The molecule has 0 amide bonds. The van der Waals surface area contributed by atoms with Crippen LogP contribution >= 0.6 is 11.3 Å². The number of aromatic nitrogens is 1. The first-order valence-electron chi connectivity index (χ1n) is 5.39.